The number of halogens is 1. The Morgan fingerprint density at radius 1 is 1.08 bits per heavy atom. The number of rotatable bonds is 3. The first kappa shape index (κ1) is 16.4. The van der Waals surface area contributed by atoms with Crippen LogP contribution in [0.3, 0.4) is 0 Å². The zero-order chi connectivity index (χ0) is 18.1. The molecule has 2 aromatic carbocycles. The second kappa shape index (κ2) is 6.67. The summed E-state index contributed by atoms with van der Waals surface area (Å²) in [5.41, 5.74) is 2.53. The number of carbonyl (C=O) groups is 1. The van der Waals surface area contributed by atoms with Crippen LogP contribution in [0.5, 0.6) is 5.75 Å². The standard InChI is InChI=1S/C21H19FN2O2/c1-26-18-5-2-4-16(14-18)20-19-6-3-11-23(19)12-13-24(20)21(25)15-7-9-17(22)10-8-15/h2-11,14,20H,12-13H2,1H3. The lowest BCUT2D eigenvalue weighted by Crippen LogP contribution is -2.42. The van der Waals surface area contributed by atoms with Gasteiger partial charge in [-0.2, -0.15) is 0 Å². The van der Waals surface area contributed by atoms with Crippen molar-refractivity contribution in [3.63, 3.8) is 0 Å². The number of hydrogen-bond donors (Lipinski definition) is 0. The molecule has 132 valence electrons. The summed E-state index contributed by atoms with van der Waals surface area (Å²) in [5.74, 6) is 0.295. The van der Waals surface area contributed by atoms with E-state index in [1.165, 1.54) is 24.3 Å². The van der Waals surface area contributed by atoms with Crippen LogP contribution >= 0.6 is 0 Å². The van der Waals surface area contributed by atoms with Crippen LogP contribution in [0.2, 0.25) is 0 Å². The molecule has 0 spiro atoms. The molecule has 1 unspecified atom stereocenters. The van der Waals surface area contributed by atoms with Gasteiger partial charge in [-0.3, -0.25) is 4.79 Å². The van der Waals surface area contributed by atoms with Crippen molar-refractivity contribution < 1.29 is 13.9 Å². The lowest BCUT2D eigenvalue weighted by Gasteiger charge is -2.37. The van der Waals surface area contributed by atoms with Crippen molar-refractivity contribution in [1.82, 2.24) is 9.47 Å². The summed E-state index contributed by atoms with van der Waals surface area (Å²) in [5, 5.41) is 0. The highest BCUT2D eigenvalue weighted by atomic mass is 19.1. The molecule has 0 N–H and O–H groups in total. The second-order valence-electron chi connectivity index (χ2n) is 6.31. The predicted octanol–water partition coefficient (Wildman–Crippen LogP) is 3.88. The van der Waals surface area contributed by atoms with Crippen LogP contribution in [0.15, 0.2) is 66.9 Å². The number of fused-ring (bicyclic) bond motifs is 1. The van der Waals surface area contributed by atoms with Crippen LogP contribution in [-0.2, 0) is 6.54 Å². The van der Waals surface area contributed by atoms with Gasteiger partial charge in [-0.1, -0.05) is 12.1 Å². The normalized spacial score (nSPS) is 16.2. The van der Waals surface area contributed by atoms with Crippen molar-refractivity contribution in [2.24, 2.45) is 0 Å². The summed E-state index contributed by atoms with van der Waals surface area (Å²) >= 11 is 0. The molecule has 1 aliphatic heterocycles. The molecule has 3 aromatic rings. The maximum Gasteiger partial charge on any atom is 0.254 e. The molecule has 2 heterocycles. The van der Waals surface area contributed by atoms with Gasteiger partial charge in [0.2, 0.25) is 0 Å². The lowest BCUT2D eigenvalue weighted by atomic mass is 9.98. The molecule has 1 amide bonds. The first-order valence-corrected chi connectivity index (χ1v) is 8.53. The van der Waals surface area contributed by atoms with E-state index >= 15 is 0 Å². The largest absolute Gasteiger partial charge is 0.497 e. The Morgan fingerprint density at radius 3 is 2.65 bits per heavy atom. The van der Waals surface area contributed by atoms with Crippen molar-refractivity contribution in [3.05, 3.63) is 89.5 Å². The number of methoxy groups -OCH3 is 1. The molecule has 0 saturated heterocycles. The SMILES string of the molecule is COc1cccc(C2c3cccn3CCN2C(=O)c2ccc(F)cc2)c1. The molecular formula is C21H19FN2O2. The topological polar surface area (TPSA) is 34.5 Å². The van der Waals surface area contributed by atoms with E-state index in [9.17, 15) is 9.18 Å². The van der Waals surface area contributed by atoms with Crippen molar-refractivity contribution in [2.45, 2.75) is 12.6 Å². The summed E-state index contributed by atoms with van der Waals surface area (Å²) in [6, 6.07) is 17.3. The Bertz CT molecular complexity index is 933. The second-order valence-corrected chi connectivity index (χ2v) is 6.31. The highest BCUT2D eigenvalue weighted by molar-refractivity contribution is 5.94. The van der Waals surface area contributed by atoms with Gasteiger partial charge >= 0.3 is 0 Å². The van der Waals surface area contributed by atoms with Gasteiger partial charge in [0.05, 0.1) is 13.2 Å². The molecule has 1 atom stereocenters. The summed E-state index contributed by atoms with van der Waals surface area (Å²) in [7, 11) is 1.63. The van der Waals surface area contributed by atoms with Gasteiger partial charge in [0.25, 0.3) is 5.91 Å². The molecule has 0 radical (unpaired) electrons. The Morgan fingerprint density at radius 2 is 1.88 bits per heavy atom. The van der Waals surface area contributed by atoms with Gasteiger partial charge in [-0.15, -0.1) is 0 Å². The van der Waals surface area contributed by atoms with Crippen LogP contribution in [-0.4, -0.2) is 29.0 Å². The summed E-state index contributed by atoms with van der Waals surface area (Å²) < 4.78 is 20.8. The zero-order valence-corrected chi connectivity index (χ0v) is 14.4. The van der Waals surface area contributed by atoms with Gasteiger partial charge < -0.3 is 14.2 Å². The smallest absolute Gasteiger partial charge is 0.254 e. The van der Waals surface area contributed by atoms with E-state index in [0.717, 1.165) is 23.6 Å². The maximum absolute atomic E-state index is 13.2. The van der Waals surface area contributed by atoms with Crippen LogP contribution in [0.4, 0.5) is 4.39 Å². The van der Waals surface area contributed by atoms with Gasteiger partial charge in [-0.05, 0) is 54.1 Å². The van der Waals surface area contributed by atoms with E-state index in [2.05, 4.69) is 4.57 Å². The number of carbonyl (C=O) groups excluding carboxylic acids is 1. The van der Waals surface area contributed by atoms with Crippen molar-refractivity contribution in [1.29, 1.82) is 0 Å². The highest BCUT2D eigenvalue weighted by Gasteiger charge is 2.32. The fourth-order valence-corrected chi connectivity index (χ4v) is 3.52. The molecule has 4 nitrogen and oxygen atoms in total. The van der Waals surface area contributed by atoms with Gasteiger partial charge in [0.1, 0.15) is 11.6 Å². The number of benzene rings is 2. The van der Waals surface area contributed by atoms with Crippen molar-refractivity contribution >= 4 is 5.91 Å². The van der Waals surface area contributed by atoms with Crippen molar-refractivity contribution in [3.8, 4) is 5.75 Å². The highest BCUT2D eigenvalue weighted by Crippen LogP contribution is 2.34. The average Bonchev–Trinajstić information content (AvgIpc) is 3.16. The van der Waals surface area contributed by atoms with Crippen LogP contribution in [0.25, 0.3) is 0 Å². The number of amides is 1. The monoisotopic (exact) mass is 350 g/mol. The molecule has 0 bridgehead atoms. The molecular weight excluding hydrogens is 331 g/mol. The molecule has 0 aliphatic carbocycles. The summed E-state index contributed by atoms with van der Waals surface area (Å²) in [4.78, 5) is 15.0. The third-order valence-corrected chi connectivity index (χ3v) is 4.80. The Kier molecular flexibility index (Phi) is 4.21. The van der Waals surface area contributed by atoms with E-state index in [1.54, 1.807) is 7.11 Å². The average molecular weight is 350 g/mol. The Labute approximate surface area is 151 Å². The number of nitrogens with zero attached hydrogens (tertiary/aromatic N) is 2. The first-order chi connectivity index (χ1) is 12.7. The molecule has 0 saturated carbocycles. The molecule has 5 heteroatoms. The Hall–Kier alpha value is -3.08. The molecule has 4 rings (SSSR count). The minimum absolute atomic E-state index is 0.106. The molecule has 1 aliphatic rings. The fraction of sp³-hybridized carbons (Fsp3) is 0.190. The van der Waals surface area contributed by atoms with E-state index in [4.69, 9.17) is 4.74 Å². The number of ether oxygens (including phenoxy) is 1. The number of aromatic nitrogens is 1. The van der Waals surface area contributed by atoms with Crippen molar-refractivity contribution in [2.75, 3.05) is 13.7 Å². The molecule has 0 fully saturated rings. The lowest BCUT2D eigenvalue weighted by molar-refractivity contribution is 0.0664. The van der Waals surface area contributed by atoms with Gasteiger partial charge in [0.15, 0.2) is 0 Å². The minimum Gasteiger partial charge on any atom is -0.497 e. The van der Waals surface area contributed by atoms with Crippen LogP contribution in [0.1, 0.15) is 27.7 Å². The van der Waals surface area contributed by atoms with Gasteiger partial charge in [-0.25, -0.2) is 4.39 Å². The maximum atomic E-state index is 13.2. The summed E-state index contributed by atoms with van der Waals surface area (Å²) in [6.07, 6.45) is 2.03. The van der Waals surface area contributed by atoms with Crippen LogP contribution < -0.4 is 4.74 Å². The Balaban J connectivity index is 1.77. The van der Waals surface area contributed by atoms with E-state index < -0.39 is 0 Å². The molecule has 26 heavy (non-hydrogen) atoms. The number of hydrogen-bond acceptors (Lipinski definition) is 2. The van der Waals surface area contributed by atoms with E-state index in [1.807, 2.05) is 47.5 Å². The fourth-order valence-electron chi connectivity index (χ4n) is 3.52. The molecule has 1 aromatic heterocycles. The third-order valence-electron chi connectivity index (χ3n) is 4.80. The van der Waals surface area contributed by atoms with E-state index in [0.29, 0.717) is 12.1 Å². The predicted molar refractivity (Wildman–Crippen MR) is 96.7 cm³/mol. The minimum atomic E-state index is -0.349. The zero-order valence-electron chi connectivity index (χ0n) is 14.4. The van der Waals surface area contributed by atoms with Crippen LogP contribution in [0, 0.1) is 5.82 Å². The quantitative estimate of drug-likeness (QED) is 0.718. The first-order valence-electron chi connectivity index (χ1n) is 8.53. The summed E-state index contributed by atoms with van der Waals surface area (Å²) in [6.45, 7) is 1.31. The van der Waals surface area contributed by atoms with E-state index in [-0.39, 0.29) is 17.8 Å². The third kappa shape index (κ3) is 2.86. The van der Waals surface area contributed by atoms with Gasteiger partial charge in [0, 0.05) is 30.5 Å².